The van der Waals surface area contributed by atoms with Gasteiger partial charge in [-0.3, -0.25) is 19.4 Å². The van der Waals surface area contributed by atoms with Gasteiger partial charge in [-0.05, 0) is 24.6 Å². The number of halogens is 4. The molecule has 1 fully saturated rings. The van der Waals surface area contributed by atoms with Crippen molar-refractivity contribution < 1.29 is 37.7 Å². The zero-order valence-corrected chi connectivity index (χ0v) is 16.4. The highest BCUT2D eigenvalue weighted by atomic mass is 35.5. The SMILES string of the molecule is O=C(Nc1c(F)cccc1Cl)c1cc(F)c(NC(=O)N2C(=O)CCC2CO)cc1OF. The number of nitrogens with zero attached hydrogens (tertiary/aromatic N) is 1. The monoisotopic (exact) mass is 457 g/mol. The number of hydrogen-bond donors (Lipinski definition) is 3. The number of carbonyl (C=O) groups is 3. The number of benzene rings is 2. The van der Waals surface area contributed by atoms with Crippen LogP contribution in [0.25, 0.3) is 0 Å². The van der Waals surface area contributed by atoms with E-state index in [1.54, 1.807) is 0 Å². The maximum absolute atomic E-state index is 14.5. The number of aliphatic hydroxyl groups excluding tert-OH is 1. The minimum Gasteiger partial charge on any atom is -0.394 e. The topological polar surface area (TPSA) is 108 Å². The normalized spacial score (nSPS) is 15.7. The van der Waals surface area contributed by atoms with Crippen molar-refractivity contribution in [1.82, 2.24) is 4.90 Å². The molecule has 0 bridgehead atoms. The van der Waals surface area contributed by atoms with E-state index in [-0.39, 0.29) is 17.9 Å². The predicted molar refractivity (Wildman–Crippen MR) is 103 cm³/mol. The standard InChI is InChI=1S/C19H15ClF3N3O5/c20-11-2-1-3-12(21)17(11)25-18(29)10-6-13(22)14(7-15(10)31-23)24-19(30)26-9(8-27)4-5-16(26)28/h1-3,6-7,9,27H,4-5,8H2,(H,24,30)(H,25,29). The van der Waals surface area contributed by atoms with Crippen LogP contribution in [0.2, 0.25) is 5.02 Å². The van der Waals surface area contributed by atoms with Crippen LogP contribution in [-0.2, 0) is 4.79 Å². The molecule has 164 valence electrons. The Bertz CT molecular complexity index is 1030. The Morgan fingerprint density at radius 1 is 1.23 bits per heavy atom. The number of likely N-dealkylation sites (tertiary alicyclic amines) is 1. The van der Waals surface area contributed by atoms with Gasteiger partial charge in [-0.1, -0.05) is 17.7 Å². The Morgan fingerprint density at radius 3 is 2.61 bits per heavy atom. The van der Waals surface area contributed by atoms with E-state index in [4.69, 9.17) is 11.6 Å². The first-order valence-corrected chi connectivity index (χ1v) is 9.26. The number of para-hydroxylation sites is 1. The molecule has 0 radical (unpaired) electrons. The Hall–Kier alpha value is -3.31. The first kappa shape index (κ1) is 22.4. The number of hydrogen-bond acceptors (Lipinski definition) is 5. The van der Waals surface area contributed by atoms with Crippen molar-refractivity contribution >= 4 is 40.8 Å². The quantitative estimate of drug-likeness (QED) is 0.635. The lowest BCUT2D eigenvalue weighted by Crippen LogP contribution is -2.43. The minimum atomic E-state index is -1.16. The van der Waals surface area contributed by atoms with Gasteiger partial charge in [0.15, 0.2) is 5.75 Å². The minimum absolute atomic E-state index is 0.0255. The molecule has 0 aliphatic carbocycles. The molecule has 1 atom stereocenters. The van der Waals surface area contributed by atoms with Crippen molar-refractivity contribution in [3.8, 4) is 5.75 Å². The summed E-state index contributed by atoms with van der Waals surface area (Å²) in [6, 6.07) is 3.04. The third-order valence-electron chi connectivity index (χ3n) is 4.59. The van der Waals surface area contributed by atoms with Crippen molar-refractivity contribution in [2.45, 2.75) is 18.9 Å². The van der Waals surface area contributed by atoms with E-state index in [1.165, 1.54) is 12.1 Å². The molecule has 3 N–H and O–H groups in total. The number of aliphatic hydroxyl groups is 1. The Labute approximate surface area is 178 Å². The van der Waals surface area contributed by atoms with Gasteiger partial charge in [0.25, 0.3) is 5.91 Å². The van der Waals surface area contributed by atoms with Gasteiger partial charge in [0.2, 0.25) is 5.91 Å². The molecule has 0 spiro atoms. The second-order valence-electron chi connectivity index (χ2n) is 6.53. The second-order valence-corrected chi connectivity index (χ2v) is 6.93. The summed E-state index contributed by atoms with van der Waals surface area (Å²) in [5.74, 6) is -4.52. The fraction of sp³-hybridized carbons (Fsp3) is 0.211. The van der Waals surface area contributed by atoms with Gasteiger partial charge in [-0.25, -0.2) is 13.6 Å². The van der Waals surface area contributed by atoms with Crippen LogP contribution >= 0.6 is 11.6 Å². The summed E-state index contributed by atoms with van der Waals surface area (Å²) in [5.41, 5.74) is -1.64. The van der Waals surface area contributed by atoms with Crippen molar-refractivity contribution in [2.75, 3.05) is 17.2 Å². The number of amides is 4. The van der Waals surface area contributed by atoms with E-state index in [1.807, 2.05) is 0 Å². The fourth-order valence-corrected chi connectivity index (χ4v) is 3.27. The molecule has 2 aromatic rings. The summed E-state index contributed by atoms with van der Waals surface area (Å²) in [7, 11) is 0. The average Bonchev–Trinajstić information content (AvgIpc) is 3.12. The zero-order valence-electron chi connectivity index (χ0n) is 15.6. The molecule has 0 aromatic heterocycles. The number of carbonyl (C=O) groups excluding carboxylic acids is 3. The largest absolute Gasteiger partial charge is 0.394 e. The van der Waals surface area contributed by atoms with Crippen molar-refractivity contribution in [3.63, 3.8) is 0 Å². The molecule has 1 aliphatic rings. The molecule has 1 unspecified atom stereocenters. The zero-order chi connectivity index (χ0) is 22.7. The first-order chi connectivity index (χ1) is 14.8. The molecule has 12 heteroatoms. The third kappa shape index (κ3) is 4.57. The molecule has 1 aliphatic heterocycles. The van der Waals surface area contributed by atoms with E-state index < -0.39 is 64.8 Å². The van der Waals surface area contributed by atoms with Crippen LogP contribution in [0.15, 0.2) is 30.3 Å². The lowest BCUT2D eigenvalue weighted by Gasteiger charge is -2.22. The first-order valence-electron chi connectivity index (χ1n) is 8.88. The van der Waals surface area contributed by atoms with Crippen LogP contribution in [0.5, 0.6) is 5.75 Å². The van der Waals surface area contributed by atoms with Crippen LogP contribution in [0.4, 0.5) is 29.5 Å². The van der Waals surface area contributed by atoms with Crippen LogP contribution in [0.3, 0.4) is 0 Å². The van der Waals surface area contributed by atoms with Gasteiger partial charge in [-0.2, -0.15) is 0 Å². The number of nitrogens with one attached hydrogen (secondary N) is 2. The number of rotatable bonds is 5. The van der Waals surface area contributed by atoms with Gasteiger partial charge in [0, 0.05) is 17.0 Å². The van der Waals surface area contributed by atoms with Gasteiger partial charge in [0.05, 0.1) is 34.6 Å². The molecular formula is C19H15ClF3N3O5. The Balaban J connectivity index is 1.85. The third-order valence-corrected chi connectivity index (χ3v) is 4.91. The maximum atomic E-state index is 14.5. The van der Waals surface area contributed by atoms with Gasteiger partial charge < -0.3 is 15.7 Å². The predicted octanol–water partition coefficient (Wildman–Crippen LogP) is 3.65. The average molecular weight is 458 g/mol. The highest BCUT2D eigenvalue weighted by molar-refractivity contribution is 6.34. The molecule has 1 saturated heterocycles. The summed E-state index contributed by atoms with van der Waals surface area (Å²) >= 11 is 5.81. The van der Waals surface area contributed by atoms with Gasteiger partial charge in [-0.15, -0.1) is 0 Å². The fourth-order valence-electron chi connectivity index (χ4n) is 3.06. The van der Waals surface area contributed by atoms with E-state index in [0.717, 1.165) is 11.0 Å². The number of urea groups is 1. The molecule has 3 rings (SSSR count). The van der Waals surface area contributed by atoms with Crippen molar-refractivity contribution in [2.24, 2.45) is 0 Å². The highest BCUT2D eigenvalue weighted by Gasteiger charge is 2.36. The van der Waals surface area contributed by atoms with Crippen LogP contribution in [0.1, 0.15) is 23.2 Å². The lowest BCUT2D eigenvalue weighted by atomic mass is 10.1. The van der Waals surface area contributed by atoms with Crippen LogP contribution < -0.4 is 15.6 Å². The molecule has 1 heterocycles. The molecule has 8 nitrogen and oxygen atoms in total. The van der Waals surface area contributed by atoms with Crippen molar-refractivity contribution in [3.05, 3.63) is 52.6 Å². The van der Waals surface area contributed by atoms with Gasteiger partial charge >= 0.3 is 6.03 Å². The van der Waals surface area contributed by atoms with Crippen molar-refractivity contribution in [1.29, 1.82) is 0 Å². The van der Waals surface area contributed by atoms with Crippen LogP contribution in [0, 0.1) is 11.6 Å². The van der Waals surface area contributed by atoms with E-state index in [9.17, 15) is 32.8 Å². The molecule has 2 aromatic carbocycles. The summed E-state index contributed by atoms with van der Waals surface area (Å²) in [6.07, 6.45) is 0.263. The number of imide groups is 1. The van der Waals surface area contributed by atoms with Crippen LogP contribution in [-0.4, -0.2) is 40.5 Å². The van der Waals surface area contributed by atoms with E-state index in [2.05, 4.69) is 15.6 Å². The smallest absolute Gasteiger partial charge is 0.328 e. The molecule has 31 heavy (non-hydrogen) atoms. The van der Waals surface area contributed by atoms with E-state index >= 15 is 0 Å². The number of anilines is 2. The summed E-state index contributed by atoms with van der Waals surface area (Å²) in [4.78, 5) is 40.9. The van der Waals surface area contributed by atoms with E-state index in [0.29, 0.717) is 12.1 Å². The summed E-state index contributed by atoms with van der Waals surface area (Å²) in [5, 5.41) is 13.3. The molecular weight excluding hydrogens is 443 g/mol. The maximum Gasteiger partial charge on any atom is 0.328 e. The Kier molecular flexibility index (Phi) is 6.66. The highest BCUT2D eigenvalue weighted by Crippen LogP contribution is 2.31. The van der Waals surface area contributed by atoms with Gasteiger partial charge in [0.1, 0.15) is 11.6 Å². The lowest BCUT2D eigenvalue weighted by molar-refractivity contribution is -0.126. The molecule has 0 saturated carbocycles. The second kappa shape index (κ2) is 9.23. The summed E-state index contributed by atoms with van der Waals surface area (Å²) in [6.45, 7) is -0.474. The molecule has 4 amide bonds. The Morgan fingerprint density at radius 2 is 1.97 bits per heavy atom. The summed E-state index contributed by atoms with van der Waals surface area (Å²) < 4.78 is 41.4.